The van der Waals surface area contributed by atoms with E-state index in [0.29, 0.717) is 11.5 Å². The van der Waals surface area contributed by atoms with Crippen LogP contribution in [0.2, 0.25) is 0 Å². The normalized spacial score (nSPS) is 23.6. The first-order chi connectivity index (χ1) is 10.9. The predicted octanol–water partition coefficient (Wildman–Crippen LogP) is 5.08. The third-order valence-corrected chi connectivity index (χ3v) is 6.00. The molecule has 3 rings (SSSR count). The highest BCUT2D eigenvalue weighted by Gasteiger charge is 2.32. The van der Waals surface area contributed by atoms with Gasteiger partial charge in [-0.05, 0) is 65.2 Å². The number of thiocarbonyl (C=S) groups is 1. The van der Waals surface area contributed by atoms with Gasteiger partial charge in [0.1, 0.15) is 0 Å². The van der Waals surface area contributed by atoms with Gasteiger partial charge in [0.05, 0.1) is 0 Å². The van der Waals surface area contributed by atoms with Crippen LogP contribution in [0.4, 0.5) is 0 Å². The molecule has 23 heavy (non-hydrogen) atoms. The number of thiophene rings is 1. The molecule has 0 saturated heterocycles. The number of nitrogens with one attached hydrogen (secondary N) is 2. The quantitative estimate of drug-likeness (QED) is 0.758. The summed E-state index contributed by atoms with van der Waals surface area (Å²) in [6.07, 6.45) is 3.72. The Morgan fingerprint density at radius 1 is 1.30 bits per heavy atom. The Bertz CT molecular complexity index is 689. The van der Waals surface area contributed by atoms with Crippen molar-refractivity contribution in [3.8, 4) is 0 Å². The maximum Gasteiger partial charge on any atom is 0.166 e. The second-order valence-electron chi connectivity index (χ2n) is 7.69. The van der Waals surface area contributed by atoms with Gasteiger partial charge in [-0.25, -0.2) is 0 Å². The molecular formula is C19H26N2S2. The summed E-state index contributed by atoms with van der Waals surface area (Å²) in [5.74, 6) is 0.764. The zero-order valence-corrected chi connectivity index (χ0v) is 15.8. The van der Waals surface area contributed by atoms with Crippen molar-refractivity contribution in [2.45, 2.75) is 52.6 Å². The Morgan fingerprint density at radius 2 is 2.09 bits per heavy atom. The molecule has 0 radical (unpaired) electrons. The van der Waals surface area contributed by atoms with E-state index in [4.69, 9.17) is 12.2 Å². The molecule has 1 saturated carbocycles. The first kappa shape index (κ1) is 16.7. The average molecular weight is 347 g/mol. The smallest absolute Gasteiger partial charge is 0.166 e. The van der Waals surface area contributed by atoms with Crippen LogP contribution >= 0.6 is 23.6 Å². The predicted molar refractivity (Wildman–Crippen MR) is 105 cm³/mol. The fourth-order valence-electron chi connectivity index (χ4n) is 4.04. The molecule has 2 aromatic rings. The highest BCUT2D eigenvalue weighted by atomic mass is 32.1. The molecule has 1 aliphatic carbocycles. The highest BCUT2D eigenvalue weighted by Crippen LogP contribution is 2.38. The second kappa shape index (κ2) is 6.78. The van der Waals surface area contributed by atoms with Crippen molar-refractivity contribution < 1.29 is 0 Å². The fourth-order valence-corrected chi connectivity index (χ4v) is 5.24. The van der Waals surface area contributed by atoms with Gasteiger partial charge in [-0.1, -0.05) is 39.0 Å². The average Bonchev–Trinajstić information content (AvgIpc) is 2.86. The molecule has 2 N–H and O–H groups in total. The molecule has 1 heterocycles. The van der Waals surface area contributed by atoms with Crippen molar-refractivity contribution in [3.63, 3.8) is 0 Å². The summed E-state index contributed by atoms with van der Waals surface area (Å²) in [4.78, 5) is 0. The standard InChI is InChI=1S/C19H26N2S2/c1-13-8-15(10-19(2,3)9-13)21-18(22)20-11-14-12-23-17-7-5-4-6-16(14)17/h4-7,12-13,15H,8-11H2,1-3H3,(H2,20,21,22)/t13-,15+/m0/s1. The third-order valence-electron chi connectivity index (χ3n) is 4.72. The lowest BCUT2D eigenvalue weighted by molar-refractivity contribution is 0.161. The number of fused-ring (bicyclic) bond motifs is 1. The van der Waals surface area contributed by atoms with E-state index >= 15 is 0 Å². The minimum absolute atomic E-state index is 0.411. The lowest BCUT2D eigenvalue weighted by Gasteiger charge is -2.39. The summed E-state index contributed by atoms with van der Waals surface area (Å²) in [5, 5.41) is 11.3. The van der Waals surface area contributed by atoms with Gasteiger partial charge in [0.2, 0.25) is 0 Å². The maximum absolute atomic E-state index is 5.53. The number of hydrogen-bond acceptors (Lipinski definition) is 2. The third kappa shape index (κ3) is 4.24. The van der Waals surface area contributed by atoms with Crippen LogP contribution in [0.15, 0.2) is 29.6 Å². The van der Waals surface area contributed by atoms with Crippen molar-refractivity contribution in [2.24, 2.45) is 11.3 Å². The summed E-state index contributed by atoms with van der Waals surface area (Å²) < 4.78 is 1.34. The summed E-state index contributed by atoms with van der Waals surface area (Å²) in [6, 6.07) is 9.04. The molecule has 124 valence electrons. The van der Waals surface area contributed by atoms with E-state index in [9.17, 15) is 0 Å². The zero-order valence-electron chi connectivity index (χ0n) is 14.2. The van der Waals surface area contributed by atoms with E-state index < -0.39 is 0 Å². The van der Waals surface area contributed by atoms with Gasteiger partial charge < -0.3 is 10.6 Å². The largest absolute Gasteiger partial charge is 0.360 e. The van der Waals surface area contributed by atoms with Gasteiger partial charge in [-0.15, -0.1) is 11.3 Å². The Morgan fingerprint density at radius 3 is 2.87 bits per heavy atom. The Hall–Kier alpha value is -1.13. The molecule has 0 aliphatic heterocycles. The molecule has 1 aromatic heterocycles. The molecule has 0 amide bonds. The number of rotatable bonds is 3. The van der Waals surface area contributed by atoms with E-state index in [1.54, 1.807) is 11.3 Å². The maximum atomic E-state index is 5.53. The Kier molecular flexibility index (Phi) is 4.93. The lowest BCUT2D eigenvalue weighted by atomic mass is 9.71. The molecule has 0 unspecified atom stereocenters. The van der Waals surface area contributed by atoms with Crippen molar-refractivity contribution in [3.05, 3.63) is 35.2 Å². The van der Waals surface area contributed by atoms with Gasteiger partial charge in [0, 0.05) is 17.3 Å². The Labute approximate surface area is 148 Å². The summed E-state index contributed by atoms with van der Waals surface area (Å²) in [6.45, 7) is 7.88. The van der Waals surface area contributed by atoms with Crippen LogP contribution in [-0.4, -0.2) is 11.2 Å². The van der Waals surface area contributed by atoms with Crippen LogP contribution < -0.4 is 10.6 Å². The number of benzene rings is 1. The minimum Gasteiger partial charge on any atom is -0.360 e. The van der Waals surface area contributed by atoms with E-state index in [0.717, 1.165) is 17.6 Å². The molecule has 1 aromatic carbocycles. The van der Waals surface area contributed by atoms with E-state index in [1.165, 1.54) is 34.9 Å². The molecule has 0 bridgehead atoms. The van der Waals surface area contributed by atoms with E-state index in [1.807, 2.05) is 0 Å². The zero-order chi connectivity index (χ0) is 16.4. The van der Waals surface area contributed by atoms with Crippen LogP contribution in [0.3, 0.4) is 0 Å². The minimum atomic E-state index is 0.411. The molecule has 2 atom stereocenters. The lowest BCUT2D eigenvalue weighted by Crippen LogP contribution is -2.46. The van der Waals surface area contributed by atoms with Gasteiger partial charge in [0.25, 0.3) is 0 Å². The molecular weight excluding hydrogens is 320 g/mol. The fraction of sp³-hybridized carbons (Fsp3) is 0.526. The summed E-state index contributed by atoms with van der Waals surface area (Å²) >= 11 is 7.32. The van der Waals surface area contributed by atoms with Gasteiger partial charge in [-0.3, -0.25) is 0 Å². The summed E-state index contributed by atoms with van der Waals surface area (Å²) in [7, 11) is 0. The van der Waals surface area contributed by atoms with Crippen LogP contribution in [-0.2, 0) is 6.54 Å². The first-order valence-corrected chi connectivity index (χ1v) is 9.71. The van der Waals surface area contributed by atoms with Gasteiger partial charge >= 0.3 is 0 Å². The van der Waals surface area contributed by atoms with Crippen molar-refractivity contribution in [1.29, 1.82) is 0 Å². The van der Waals surface area contributed by atoms with Crippen LogP contribution in [0.5, 0.6) is 0 Å². The Balaban J connectivity index is 1.55. The van der Waals surface area contributed by atoms with E-state index in [2.05, 4.69) is 61.1 Å². The highest BCUT2D eigenvalue weighted by molar-refractivity contribution is 7.80. The molecule has 1 aliphatic rings. The van der Waals surface area contributed by atoms with Gasteiger partial charge in [-0.2, -0.15) is 0 Å². The molecule has 2 nitrogen and oxygen atoms in total. The molecule has 1 fully saturated rings. The van der Waals surface area contributed by atoms with Gasteiger partial charge in [0.15, 0.2) is 5.11 Å². The second-order valence-corrected chi connectivity index (χ2v) is 9.01. The van der Waals surface area contributed by atoms with Crippen LogP contribution in [0.25, 0.3) is 10.1 Å². The van der Waals surface area contributed by atoms with Crippen LogP contribution in [0.1, 0.15) is 45.6 Å². The molecule has 0 spiro atoms. The van der Waals surface area contributed by atoms with Crippen LogP contribution in [0, 0.1) is 11.3 Å². The summed E-state index contributed by atoms with van der Waals surface area (Å²) in [5.41, 5.74) is 1.74. The molecule has 4 heteroatoms. The van der Waals surface area contributed by atoms with Crippen molar-refractivity contribution >= 4 is 38.8 Å². The van der Waals surface area contributed by atoms with Crippen molar-refractivity contribution in [1.82, 2.24) is 10.6 Å². The SMILES string of the molecule is C[C@H]1C[C@@H](NC(=S)NCc2csc3ccccc23)CC(C)(C)C1. The first-order valence-electron chi connectivity index (χ1n) is 8.42. The number of hydrogen-bond donors (Lipinski definition) is 2. The topological polar surface area (TPSA) is 24.1 Å². The van der Waals surface area contributed by atoms with E-state index in [-0.39, 0.29) is 0 Å². The van der Waals surface area contributed by atoms with Crippen molar-refractivity contribution in [2.75, 3.05) is 0 Å². The monoisotopic (exact) mass is 346 g/mol.